The molecule has 5 rings (SSSR count). The highest BCUT2D eigenvalue weighted by molar-refractivity contribution is 5.88. The summed E-state index contributed by atoms with van der Waals surface area (Å²) in [5.74, 6) is 2.66. The quantitative estimate of drug-likeness (QED) is 0.304. The number of aromatic nitrogens is 2. The highest BCUT2D eigenvalue weighted by Crippen LogP contribution is 2.25. The first-order chi connectivity index (χ1) is 15.8. The van der Waals surface area contributed by atoms with E-state index in [-0.39, 0.29) is 0 Å². The third kappa shape index (κ3) is 4.08. The van der Waals surface area contributed by atoms with Gasteiger partial charge in [-0.15, -0.1) is 0 Å². The number of hydrogen-bond acceptors (Lipinski definition) is 3. The van der Waals surface area contributed by atoms with E-state index in [0.29, 0.717) is 13.2 Å². The van der Waals surface area contributed by atoms with Gasteiger partial charge >= 0.3 is 0 Å². The Hall–Kier alpha value is -4.05. The van der Waals surface area contributed by atoms with Crippen LogP contribution in [-0.2, 0) is 6.54 Å². The second kappa shape index (κ2) is 8.98. The minimum Gasteiger partial charge on any atom is -0.497 e. The normalized spacial score (nSPS) is 11.4. The Morgan fingerprint density at radius 3 is 2.47 bits per heavy atom. The van der Waals surface area contributed by atoms with E-state index in [0.717, 1.165) is 39.3 Å². The van der Waals surface area contributed by atoms with Gasteiger partial charge < -0.3 is 14.0 Å². The van der Waals surface area contributed by atoms with Gasteiger partial charge in [0.05, 0.1) is 24.7 Å². The third-order valence-corrected chi connectivity index (χ3v) is 5.55. The van der Waals surface area contributed by atoms with E-state index in [1.807, 2.05) is 66.7 Å². The highest BCUT2D eigenvalue weighted by Gasteiger charge is 2.09. The lowest BCUT2D eigenvalue weighted by Crippen LogP contribution is -2.09. The number of para-hydroxylation sites is 2. The number of rotatable bonds is 7. The van der Waals surface area contributed by atoms with Crippen molar-refractivity contribution in [2.75, 3.05) is 13.7 Å². The van der Waals surface area contributed by atoms with Crippen molar-refractivity contribution >= 4 is 34.0 Å². The van der Waals surface area contributed by atoms with Gasteiger partial charge in [0.25, 0.3) is 0 Å². The van der Waals surface area contributed by atoms with Crippen molar-refractivity contribution in [3.8, 4) is 11.5 Å². The zero-order chi connectivity index (χ0) is 21.8. The van der Waals surface area contributed by atoms with Gasteiger partial charge in [-0.3, -0.25) is 0 Å². The number of benzene rings is 4. The molecule has 0 fully saturated rings. The van der Waals surface area contributed by atoms with Crippen molar-refractivity contribution in [1.82, 2.24) is 9.55 Å². The highest BCUT2D eigenvalue weighted by atomic mass is 16.5. The summed E-state index contributed by atoms with van der Waals surface area (Å²) in [5, 5.41) is 2.31. The zero-order valence-corrected chi connectivity index (χ0v) is 17.9. The summed E-state index contributed by atoms with van der Waals surface area (Å²) in [6.45, 7) is 1.25. The van der Waals surface area contributed by atoms with Crippen molar-refractivity contribution in [2.24, 2.45) is 0 Å². The second-order valence-electron chi connectivity index (χ2n) is 7.54. The lowest BCUT2D eigenvalue weighted by molar-refractivity contribution is 0.303. The molecule has 4 heteroatoms. The molecule has 5 aromatic rings. The summed E-state index contributed by atoms with van der Waals surface area (Å²) < 4.78 is 13.7. The molecule has 0 aliphatic heterocycles. The summed E-state index contributed by atoms with van der Waals surface area (Å²) in [5.41, 5.74) is 3.17. The minimum atomic E-state index is 0.553. The molecule has 0 bridgehead atoms. The fourth-order valence-electron chi connectivity index (χ4n) is 3.91. The van der Waals surface area contributed by atoms with Gasteiger partial charge in [-0.25, -0.2) is 4.98 Å². The van der Waals surface area contributed by atoms with Gasteiger partial charge in [-0.05, 0) is 47.4 Å². The smallest absolute Gasteiger partial charge is 0.133 e. The molecule has 0 atom stereocenters. The van der Waals surface area contributed by atoms with Crippen LogP contribution in [0.2, 0.25) is 0 Å². The van der Waals surface area contributed by atoms with Crippen molar-refractivity contribution in [3.63, 3.8) is 0 Å². The molecular weight excluding hydrogens is 396 g/mol. The first-order valence-corrected chi connectivity index (χ1v) is 10.7. The molecule has 4 aromatic carbocycles. The maximum Gasteiger partial charge on any atom is 0.133 e. The summed E-state index contributed by atoms with van der Waals surface area (Å²) in [6.07, 6.45) is 4.13. The summed E-state index contributed by atoms with van der Waals surface area (Å²) >= 11 is 0. The molecule has 0 spiro atoms. The molecule has 32 heavy (non-hydrogen) atoms. The molecule has 0 amide bonds. The number of imidazole rings is 1. The maximum absolute atomic E-state index is 6.20. The molecule has 0 unspecified atom stereocenters. The van der Waals surface area contributed by atoms with Crippen molar-refractivity contribution in [2.45, 2.75) is 6.54 Å². The molecule has 1 heterocycles. The summed E-state index contributed by atoms with van der Waals surface area (Å²) in [4.78, 5) is 4.83. The maximum atomic E-state index is 6.20. The van der Waals surface area contributed by atoms with Crippen LogP contribution in [0.3, 0.4) is 0 Å². The van der Waals surface area contributed by atoms with Crippen LogP contribution in [0, 0.1) is 0 Å². The Morgan fingerprint density at radius 1 is 0.812 bits per heavy atom. The Balaban J connectivity index is 1.39. The monoisotopic (exact) mass is 420 g/mol. The largest absolute Gasteiger partial charge is 0.497 e. The van der Waals surface area contributed by atoms with E-state index in [1.54, 1.807) is 7.11 Å². The molecule has 0 radical (unpaired) electrons. The van der Waals surface area contributed by atoms with Crippen LogP contribution in [-0.4, -0.2) is 23.3 Å². The molecule has 158 valence electrons. The summed E-state index contributed by atoms with van der Waals surface area (Å²) in [7, 11) is 1.67. The van der Waals surface area contributed by atoms with Crippen LogP contribution in [0.15, 0.2) is 91.0 Å². The SMILES string of the molecule is COc1ccc(/C=C/c2nc3ccccc3n2CCOc2cccc3ccccc23)cc1. The number of fused-ring (bicyclic) bond motifs is 2. The molecular formula is C28H24N2O2. The molecule has 0 aliphatic carbocycles. The zero-order valence-electron chi connectivity index (χ0n) is 17.9. The lowest BCUT2D eigenvalue weighted by Gasteiger charge is -2.11. The van der Waals surface area contributed by atoms with Crippen LogP contribution in [0.4, 0.5) is 0 Å². The molecule has 0 aliphatic rings. The number of nitrogens with zero attached hydrogens (tertiary/aromatic N) is 2. The lowest BCUT2D eigenvalue weighted by atomic mass is 10.1. The molecule has 1 aromatic heterocycles. The standard InChI is InChI=1S/C28H24N2O2/c1-31-23-16-13-21(14-17-23)15-18-28-29-25-10-4-5-11-26(25)30(28)19-20-32-27-12-6-8-22-7-2-3-9-24(22)27/h2-18H,19-20H2,1H3/b18-15+. The average molecular weight is 421 g/mol. The van der Waals surface area contributed by atoms with Crippen molar-refractivity contribution in [3.05, 3.63) is 102 Å². The number of methoxy groups -OCH3 is 1. The van der Waals surface area contributed by atoms with Gasteiger partial charge in [-0.1, -0.05) is 66.7 Å². The molecule has 0 N–H and O–H groups in total. The van der Waals surface area contributed by atoms with E-state index >= 15 is 0 Å². The van der Waals surface area contributed by atoms with Crippen LogP contribution < -0.4 is 9.47 Å². The first kappa shape index (κ1) is 19.9. The Bertz CT molecular complexity index is 1380. The molecule has 4 nitrogen and oxygen atoms in total. The number of ether oxygens (including phenoxy) is 2. The third-order valence-electron chi connectivity index (χ3n) is 5.55. The van der Waals surface area contributed by atoms with Crippen LogP contribution >= 0.6 is 0 Å². The van der Waals surface area contributed by atoms with Gasteiger partial charge in [-0.2, -0.15) is 0 Å². The van der Waals surface area contributed by atoms with E-state index in [2.05, 4.69) is 41.0 Å². The van der Waals surface area contributed by atoms with E-state index in [9.17, 15) is 0 Å². The van der Waals surface area contributed by atoms with Gasteiger partial charge in [0, 0.05) is 5.39 Å². The predicted molar refractivity (Wildman–Crippen MR) is 131 cm³/mol. The van der Waals surface area contributed by atoms with E-state index < -0.39 is 0 Å². The van der Waals surface area contributed by atoms with Crippen LogP contribution in [0.1, 0.15) is 11.4 Å². The molecule has 0 saturated carbocycles. The van der Waals surface area contributed by atoms with Gasteiger partial charge in [0.2, 0.25) is 0 Å². The fourth-order valence-corrected chi connectivity index (χ4v) is 3.91. The minimum absolute atomic E-state index is 0.553. The van der Waals surface area contributed by atoms with Crippen LogP contribution in [0.25, 0.3) is 34.0 Å². The van der Waals surface area contributed by atoms with Crippen LogP contribution in [0.5, 0.6) is 11.5 Å². The Labute approximate surface area is 187 Å². The van der Waals surface area contributed by atoms with E-state index in [4.69, 9.17) is 14.5 Å². The molecule has 0 saturated heterocycles. The topological polar surface area (TPSA) is 36.3 Å². The van der Waals surface area contributed by atoms with E-state index in [1.165, 1.54) is 5.39 Å². The summed E-state index contributed by atoms with van der Waals surface area (Å²) in [6, 6.07) is 30.7. The van der Waals surface area contributed by atoms with Crippen molar-refractivity contribution in [1.29, 1.82) is 0 Å². The Morgan fingerprint density at radius 2 is 1.59 bits per heavy atom. The van der Waals surface area contributed by atoms with Crippen molar-refractivity contribution < 1.29 is 9.47 Å². The average Bonchev–Trinajstić information content (AvgIpc) is 3.20. The Kier molecular flexibility index (Phi) is 5.58. The fraction of sp³-hybridized carbons (Fsp3) is 0.107. The number of hydrogen-bond donors (Lipinski definition) is 0. The predicted octanol–water partition coefficient (Wildman–Crippen LogP) is 6.45. The second-order valence-corrected chi connectivity index (χ2v) is 7.54. The van der Waals surface area contributed by atoms with Gasteiger partial charge in [0.1, 0.15) is 23.9 Å². The first-order valence-electron chi connectivity index (χ1n) is 10.7. The van der Waals surface area contributed by atoms with Gasteiger partial charge in [0.15, 0.2) is 0 Å².